The van der Waals surface area contributed by atoms with Gasteiger partial charge in [0.25, 0.3) is 11.8 Å². The Bertz CT molecular complexity index is 1080. The summed E-state index contributed by atoms with van der Waals surface area (Å²) in [4.78, 5) is 74.3. The van der Waals surface area contributed by atoms with Crippen LogP contribution in [-0.2, 0) is 30.4 Å². The van der Waals surface area contributed by atoms with Gasteiger partial charge in [-0.1, -0.05) is 39.3 Å². The number of unbranched alkanes of at least 4 members (excludes halogenated alkanes) is 1. The summed E-state index contributed by atoms with van der Waals surface area (Å²) in [5.74, 6) is -2.74. The second-order valence-electron chi connectivity index (χ2n) is 9.98. The number of hydrogen-bond donors (Lipinski definition) is 5. The molecule has 1 aromatic rings. The van der Waals surface area contributed by atoms with Crippen LogP contribution in [0.5, 0.6) is 0 Å². The Morgan fingerprint density at radius 3 is 2.15 bits per heavy atom. The first-order chi connectivity index (χ1) is 19.0. The molecule has 1 aliphatic rings. The topological polar surface area (TPSA) is 180 Å². The molecule has 6 N–H and O–H groups in total. The number of rotatable bonds is 16. The van der Waals surface area contributed by atoms with Gasteiger partial charge in [0.05, 0.1) is 0 Å². The molecule has 218 valence electrons. The molecule has 1 aromatic carbocycles. The van der Waals surface area contributed by atoms with Gasteiger partial charge in [-0.3, -0.25) is 28.9 Å². The van der Waals surface area contributed by atoms with Crippen LogP contribution < -0.4 is 27.0 Å². The largest absolute Gasteiger partial charge is 0.352 e. The van der Waals surface area contributed by atoms with Crippen LogP contribution in [0.1, 0.15) is 58.4 Å². The number of amides is 7. The Hall–Kier alpha value is -4.22. The van der Waals surface area contributed by atoms with Crippen molar-refractivity contribution < 1.29 is 28.8 Å². The molecule has 0 fully saturated rings. The van der Waals surface area contributed by atoms with E-state index in [0.29, 0.717) is 25.1 Å². The average Bonchev–Trinajstić information content (AvgIpc) is 3.22. The molecule has 7 amide bonds. The van der Waals surface area contributed by atoms with Crippen LogP contribution in [0, 0.1) is 5.92 Å². The van der Waals surface area contributed by atoms with E-state index in [1.54, 1.807) is 26.0 Å². The van der Waals surface area contributed by atoms with Crippen molar-refractivity contribution >= 4 is 41.3 Å². The average molecular weight is 557 g/mol. The minimum atomic E-state index is -0.948. The van der Waals surface area contributed by atoms with Crippen molar-refractivity contribution in [2.75, 3.05) is 18.4 Å². The molecule has 0 aliphatic carbocycles. The summed E-state index contributed by atoms with van der Waals surface area (Å²) in [5.41, 5.74) is 6.83. The maximum atomic E-state index is 13.2. The molecule has 2 rings (SSSR count). The molecule has 1 aliphatic heterocycles. The number of benzene rings is 1. The van der Waals surface area contributed by atoms with Gasteiger partial charge in [-0.2, -0.15) is 0 Å². The van der Waals surface area contributed by atoms with E-state index in [1.807, 2.05) is 12.1 Å². The van der Waals surface area contributed by atoms with E-state index >= 15 is 0 Å². The summed E-state index contributed by atoms with van der Waals surface area (Å²) in [5, 5.41) is 10.7. The van der Waals surface area contributed by atoms with Crippen LogP contribution in [0.15, 0.2) is 36.4 Å². The van der Waals surface area contributed by atoms with Crippen molar-refractivity contribution in [1.29, 1.82) is 0 Å². The maximum absolute atomic E-state index is 13.2. The lowest BCUT2D eigenvalue weighted by Gasteiger charge is -2.25. The number of imide groups is 1. The first-order valence-corrected chi connectivity index (χ1v) is 13.6. The molecule has 0 saturated heterocycles. The van der Waals surface area contributed by atoms with E-state index in [-0.39, 0.29) is 25.3 Å². The molecule has 1 heterocycles. The zero-order valence-corrected chi connectivity index (χ0v) is 23.3. The summed E-state index contributed by atoms with van der Waals surface area (Å²) in [6, 6.07) is 5.00. The van der Waals surface area contributed by atoms with Gasteiger partial charge in [-0.25, -0.2) is 4.79 Å². The molecule has 40 heavy (non-hydrogen) atoms. The van der Waals surface area contributed by atoms with Crippen molar-refractivity contribution in [2.24, 2.45) is 11.7 Å². The molecular formula is C28H40N6O6. The van der Waals surface area contributed by atoms with E-state index in [1.165, 1.54) is 0 Å². The fraction of sp³-hybridized carbons (Fsp3) is 0.500. The molecular weight excluding hydrogens is 516 g/mol. The van der Waals surface area contributed by atoms with E-state index in [0.717, 1.165) is 35.5 Å². The summed E-state index contributed by atoms with van der Waals surface area (Å²) < 4.78 is 0. The Balaban J connectivity index is 2.03. The predicted octanol–water partition coefficient (Wildman–Crippen LogP) is 1.36. The first-order valence-electron chi connectivity index (χ1n) is 13.6. The summed E-state index contributed by atoms with van der Waals surface area (Å²) in [6.07, 6.45) is 5.38. The molecule has 12 nitrogen and oxygen atoms in total. The lowest BCUT2D eigenvalue weighted by molar-refractivity contribution is -0.137. The third-order valence-corrected chi connectivity index (χ3v) is 6.34. The number of nitrogens with one attached hydrogen (secondary N) is 4. The Morgan fingerprint density at radius 2 is 1.57 bits per heavy atom. The number of urea groups is 1. The van der Waals surface area contributed by atoms with Gasteiger partial charge in [-0.05, 0) is 49.3 Å². The molecule has 0 unspecified atom stereocenters. The van der Waals surface area contributed by atoms with E-state index in [2.05, 4.69) is 28.2 Å². The van der Waals surface area contributed by atoms with Crippen molar-refractivity contribution in [3.63, 3.8) is 0 Å². The Labute approximate surface area is 234 Å². The van der Waals surface area contributed by atoms with Crippen LogP contribution in [-0.4, -0.2) is 65.6 Å². The number of primary amides is 1. The standard InChI is InChI=1S/C28H40N6O6/c1-4-7-19-9-11-20(12-10-19)31-26(38)21(8-5-6-16-30-28(29)40)32-27(39)25(18(2)3)33-22(35)15-17-34-23(36)13-14-24(34)37/h9-14,18,21,25H,4-8,15-17H2,1-3H3,(H,31,38)(H,32,39)(H,33,35)(H3,29,30,40)/t21-,25-/m0/s1. The molecule has 0 aromatic heterocycles. The van der Waals surface area contributed by atoms with Gasteiger partial charge in [0, 0.05) is 37.3 Å². The minimum absolute atomic E-state index is 0.107. The summed E-state index contributed by atoms with van der Waals surface area (Å²) in [7, 11) is 0. The number of nitrogens with two attached hydrogens (primary N) is 1. The minimum Gasteiger partial charge on any atom is -0.352 e. The number of carbonyl (C=O) groups excluding carboxylic acids is 6. The number of nitrogens with zero attached hydrogens (tertiary/aromatic N) is 1. The highest BCUT2D eigenvalue weighted by molar-refractivity contribution is 6.13. The van der Waals surface area contributed by atoms with E-state index in [4.69, 9.17) is 5.73 Å². The van der Waals surface area contributed by atoms with Gasteiger partial charge in [-0.15, -0.1) is 0 Å². The molecule has 0 radical (unpaired) electrons. The molecule has 2 atom stereocenters. The third kappa shape index (κ3) is 10.5. The van der Waals surface area contributed by atoms with Gasteiger partial charge < -0.3 is 27.0 Å². The normalized spacial score (nSPS) is 14.2. The second-order valence-corrected chi connectivity index (χ2v) is 9.98. The first kappa shape index (κ1) is 32.0. The van der Waals surface area contributed by atoms with Gasteiger partial charge >= 0.3 is 6.03 Å². The lowest BCUT2D eigenvalue weighted by atomic mass is 10.0. The highest BCUT2D eigenvalue weighted by Crippen LogP contribution is 2.13. The third-order valence-electron chi connectivity index (χ3n) is 6.34. The Kier molecular flexibility index (Phi) is 12.8. The second kappa shape index (κ2) is 16.0. The summed E-state index contributed by atoms with van der Waals surface area (Å²) >= 11 is 0. The molecule has 0 bridgehead atoms. The van der Waals surface area contributed by atoms with E-state index < -0.39 is 47.7 Å². The van der Waals surface area contributed by atoms with Crippen LogP contribution in [0.3, 0.4) is 0 Å². The van der Waals surface area contributed by atoms with Gasteiger partial charge in [0.2, 0.25) is 17.7 Å². The number of carbonyl (C=O) groups is 6. The fourth-order valence-corrected chi connectivity index (χ4v) is 4.13. The van der Waals surface area contributed by atoms with Crippen molar-refractivity contribution in [1.82, 2.24) is 20.9 Å². The summed E-state index contributed by atoms with van der Waals surface area (Å²) in [6.45, 7) is 5.82. The number of anilines is 1. The predicted molar refractivity (Wildman–Crippen MR) is 150 cm³/mol. The lowest BCUT2D eigenvalue weighted by Crippen LogP contribution is -2.54. The maximum Gasteiger partial charge on any atom is 0.312 e. The zero-order valence-electron chi connectivity index (χ0n) is 23.3. The highest BCUT2D eigenvalue weighted by Gasteiger charge is 2.30. The quantitative estimate of drug-likeness (QED) is 0.151. The van der Waals surface area contributed by atoms with E-state index in [9.17, 15) is 28.8 Å². The molecule has 0 spiro atoms. The SMILES string of the molecule is CCCc1ccc(NC(=O)[C@H](CCCCNC(N)=O)NC(=O)[C@@H](NC(=O)CCN2C(=O)C=CC2=O)C(C)C)cc1. The zero-order chi connectivity index (χ0) is 29.7. The van der Waals surface area contributed by atoms with Gasteiger partial charge in [0.15, 0.2) is 0 Å². The van der Waals surface area contributed by atoms with Gasteiger partial charge in [0.1, 0.15) is 12.1 Å². The molecule has 12 heteroatoms. The highest BCUT2D eigenvalue weighted by atomic mass is 16.2. The monoisotopic (exact) mass is 556 g/mol. The fourth-order valence-electron chi connectivity index (χ4n) is 4.13. The van der Waals surface area contributed by atoms with Crippen LogP contribution >= 0.6 is 0 Å². The Morgan fingerprint density at radius 1 is 0.925 bits per heavy atom. The van der Waals surface area contributed by atoms with Crippen LogP contribution in [0.4, 0.5) is 10.5 Å². The van der Waals surface area contributed by atoms with Crippen molar-refractivity contribution in [2.45, 2.75) is 71.4 Å². The van der Waals surface area contributed by atoms with Crippen molar-refractivity contribution in [3.8, 4) is 0 Å². The number of aryl methyl sites for hydroxylation is 1. The van der Waals surface area contributed by atoms with Crippen LogP contribution in [0.2, 0.25) is 0 Å². The molecule has 0 saturated carbocycles. The van der Waals surface area contributed by atoms with Crippen molar-refractivity contribution in [3.05, 3.63) is 42.0 Å². The van der Waals surface area contributed by atoms with Crippen LogP contribution in [0.25, 0.3) is 0 Å². The number of hydrogen-bond acceptors (Lipinski definition) is 6. The smallest absolute Gasteiger partial charge is 0.312 e.